The van der Waals surface area contributed by atoms with E-state index in [9.17, 15) is 18.4 Å². The largest absolute Gasteiger partial charge is 0.444 e. The minimum absolute atomic E-state index is 0.0396. The predicted molar refractivity (Wildman–Crippen MR) is 163 cm³/mol. The van der Waals surface area contributed by atoms with Gasteiger partial charge in [0.2, 0.25) is 0 Å². The number of aryl methyl sites for hydroxylation is 2. The van der Waals surface area contributed by atoms with Crippen LogP contribution >= 0.6 is 0 Å². The second kappa shape index (κ2) is 13.2. The van der Waals surface area contributed by atoms with E-state index in [0.717, 1.165) is 55.9 Å². The van der Waals surface area contributed by atoms with E-state index in [4.69, 9.17) is 14.5 Å². The molecule has 2 aliphatic heterocycles. The molecule has 1 aromatic heterocycles. The number of allylic oxidation sites excluding steroid dienone is 4. The Hall–Kier alpha value is -3.17. The van der Waals surface area contributed by atoms with Gasteiger partial charge in [-0.15, -0.1) is 0 Å². The van der Waals surface area contributed by atoms with Crippen molar-refractivity contribution in [1.29, 1.82) is 0 Å². The van der Waals surface area contributed by atoms with E-state index in [0.29, 0.717) is 44.1 Å². The molecule has 3 aliphatic rings. The molecule has 1 unspecified atom stereocenters. The van der Waals surface area contributed by atoms with Gasteiger partial charge >= 0.3 is 12.2 Å². The summed E-state index contributed by atoms with van der Waals surface area (Å²) < 4.78 is 39.8. The lowest BCUT2D eigenvalue weighted by atomic mass is 10.0. The van der Waals surface area contributed by atoms with Gasteiger partial charge in [-0.2, -0.15) is 0 Å². The molecule has 0 bridgehead atoms. The number of carbonyl (C=O) groups excluding carboxylic acids is 2. The zero-order valence-corrected chi connectivity index (χ0v) is 26.6. The second-order valence-electron chi connectivity index (χ2n) is 13.8. The van der Waals surface area contributed by atoms with Crippen LogP contribution in [0, 0.1) is 0 Å². The number of amides is 2. The third-order valence-corrected chi connectivity index (χ3v) is 7.71. The highest BCUT2D eigenvalue weighted by molar-refractivity contribution is 5.88. The molecule has 238 valence electrons. The van der Waals surface area contributed by atoms with Gasteiger partial charge in [-0.25, -0.2) is 23.4 Å². The third kappa shape index (κ3) is 9.41. The smallest absolute Gasteiger partial charge is 0.416 e. The van der Waals surface area contributed by atoms with Crippen LogP contribution in [-0.4, -0.2) is 76.3 Å². The molecule has 43 heavy (non-hydrogen) atoms. The Morgan fingerprint density at radius 3 is 2.44 bits per heavy atom. The van der Waals surface area contributed by atoms with E-state index in [1.807, 2.05) is 47.6 Å². The number of likely N-dealkylation sites (tertiary alicyclic amines) is 1. The summed E-state index contributed by atoms with van der Waals surface area (Å²) in [6.07, 6.45) is 8.93. The summed E-state index contributed by atoms with van der Waals surface area (Å²) in [7, 11) is 0. The van der Waals surface area contributed by atoms with Crippen LogP contribution in [0.2, 0.25) is 0 Å². The number of anilines is 1. The van der Waals surface area contributed by atoms with Crippen molar-refractivity contribution in [1.82, 2.24) is 14.8 Å². The van der Waals surface area contributed by atoms with Gasteiger partial charge in [0.25, 0.3) is 5.92 Å². The van der Waals surface area contributed by atoms with Crippen molar-refractivity contribution < 1.29 is 27.8 Å². The number of halogens is 2. The van der Waals surface area contributed by atoms with Crippen molar-refractivity contribution in [3.8, 4) is 0 Å². The fourth-order valence-electron chi connectivity index (χ4n) is 5.78. The van der Waals surface area contributed by atoms with Gasteiger partial charge in [-0.05, 0) is 104 Å². The maximum Gasteiger partial charge on any atom is 0.416 e. The lowest BCUT2D eigenvalue weighted by Gasteiger charge is -2.35. The van der Waals surface area contributed by atoms with Gasteiger partial charge in [0, 0.05) is 43.6 Å². The van der Waals surface area contributed by atoms with Crippen molar-refractivity contribution in [3.63, 3.8) is 0 Å². The molecule has 4 rings (SSSR count). The monoisotopic (exact) mass is 602 g/mol. The summed E-state index contributed by atoms with van der Waals surface area (Å²) in [5.74, 6) is -2.19. The maximum absolute atomic E-state index is 14.3. The molecule has 1 fully saturated rings. The van der Waals surface area contributed by atoms with Gasteiger partial charge < -0.3 is 19.3 Å². The molecule has 2 amide bonds. The van der Waals surface area contributed by atoms with Crippen molar-refractivity contribution in [2.45, 2.75) is 116 Å². The fourth-order valence-corrected chi connectivity index (χ4v) is 5.78. The zero-order chi connectivity index (χ0) is 31.4. The molecule has 1 aliphatic carbocycles. The highest BCUT2D eigenvalue weighted by atomic mass is 19.3. The summed E-state index contributed by atoms with van der Waals surface area (Å²) in [5, 5.41) is 0. The Labute approximate surface area is 255 Å². The van der Waals surface area contributed by atoms with Crippen LogP contribution < -0.4 is 4.90 Å². The minimum Gasteiger partial charge on any atom is -0.444 e. The van der Waals surface area contributed by atoms with Gasteiger partial charge in [0.15, 0.2) is 0 Å². The molecular formula is C33H48F2N4O4. The number of unbranched alkanes of at least 4 members (excludes halogenated alkanes) is 2. The van der Waals surface area contributed by atoms with E-state index >= 15 is 0 Å². The Morgan fingerprint density at radius 1 is 1.02 bits per heavy atom. The van der Waals surface area contributed by atoms with Gasteiger partial charge in [0.1, 0.15) is 17.0 Å². The minimum atomic E-state index is -2.88. The molecule has 8 nitrogen and oxygen atoms in total. The van der Waals surface area contributed by atoms with Crippen LogP contribution in [0.25, 0.3) is 0 Å². The molecule has 10 heteroatoms. The van der Waals surface area contributed by atoms with Crippen molar-refractivity contribution in [3.05, 3.63) is 47.3 Å². The third-order valence-electron chi connectivity index (χ3n) is 7.71. The number of nitrogens with zero attached hydrogens (tertiary/aromatic N) is 4. The van der Waals surface area contributed by atoms with Crippen LogP contribution in [0.15, 0.2) is 36.1 Å². The van der Waals surface area contributed by atoms with E-state index in [-0.39, 0.29) is 24.6 Å². The van der Waals surface area contributed by atoms with Crippen molar-refractivity contribution in [2.24, 2.45) is 0 Å². The first-order chi connectivity index (χ1) is 20.1. The Bertz CT molecular complexity index is 1220. The SMILES string of the molecule is CC(C)(C)OC(=O)N1CCC(N(CCCCCc2ccc3c(n2)N(C(=O)OC(C)(C)C)CCC3)C2=CC=CC(F)(F)C2)C1. The van der Waals surface area contributed by atoms with Crippen LogP contribution in [-0.2, 0) is 22.3 Å². The highest BCUT2D eigenvalue weighted by Gasteiger charge is 2.37. The van der Waals surface area contributed by atoms with Gasteiger partial charge in [0.05, 0.1) is 6.42 Å². The first-order valence-electron chi connectivity index (χ1n) is 15.6. The number of ether oxygens (including phenoxy) is 2. The molecule has 1 saturated heterocycles. The molecule has 0 saturated carbocycles. The van der Waals surface area contributed by atoms with Gasteiger partial charge in [-0.3, -0.25) is 4.90 Å². The quantitative estimate of drug-likeness (QED) is 0.291. The standard InChI is InChI=1S/C33H48F2N4O4/c1-31(2,3)42-29(40)37-21-17-27(23-37)38(26-14-10-18-33(34,35)22-26)19-9-7-8-13-25-16-15-24-12-11-20-39(28(24)36-25)30(41)43-32(4,5)6/h10,14-16,18,27H,7-9,11-13,17,19-23H2,1-6H3. The highest BCUT2D eigenvalue weighted by Crippen LogP contribution is 2.33. The van der Waals surface area contributed by atoms with E-state index < -0.39 is 17.1 Å². The summed E-state index contributed by atoms with van der Waals surface area (Å²) in [4.78, 5) is 35.7. The van der Waals surface area contributed by atoms with Crippen molar-refractivity contribution >= 4 is 18.0 Å². The molecule has 3 heterocycles. The average Bonchev–Trinajstić information content (AvgIpc) is 3.38. The number of hydrogen-bond donors (Lipinski definition) is 0. The van der Waals surface area contributed by atoms with E-state index in [1.165, 1.54) is 6.08 Å². The van der Waals surface area contributed by atoms with E-state index in [1.54, 1.807) is 15.9 Å². The number of fused-ring (bicyclic) bond motifs is 1. The summed E-state index contributed by atoms with van der Waals surface area (Å²) in [5.41, 5.74) is 1.43. The summed E-state index contributed by atoms with van der Waals surface area (Å²) >= 11 is 0. The van der Waals surface area contributed by atoms with Gasteiger partial charge in [-0.1, -0.05) is 18.6 Å². The molecular weight excluding hydrogens is 554 g/mol. The Kier molecular flexibility index (Phi) is 10.1. The normalized spacial score (nSPS) is 20.0. The summed E-state index contributed by atoms with van der Waals surface area (Å²) in [6.45, 7) is 13.3. The molecule has 0 aromatic carbocycles. The van der Waals surface area contributed by atoms with Crippen LogP contribution in [0.4, 0.5) is 24.2 Å². The molecule has 0 radical (unpaired) electrons. The lowest BCUT2D eigenvalue weighted by Crippen LogP contribution is -2.41. The van der Waals surface area contributed by atoms with Crippen LogP contribution in [0.1, 0.15) is 91.3 Å². The zero-order valence-electron chi connectivity index (χ0n) is 26.6. The van der Waals surface area contributed by atoms with Crippen molar-refractivity contribution in [2.75, 3.05) is 31.1 Å². The maximum atomic E-state index is 14.3. The Balaban J connectivity index is 1.35. The molecule has 0 spiro atoms. The fraction of sp³-hybridized carbons (Fsp3) is 0.667. The number of rotatable bonds is 8. The number of aromatic nitrogens is 1. The summed E-state index contributed by atoms with van der Waals surface area (Å²) in [6, 6.07) is 4.06. The second-order valence-corrected chi connectivity index (χ2v) is 13.8. The lowest BCUT2D eigenvalue weighted by molar-refractivity contribution is 0.0267. The number of alkyl halides is 2. The first-order valence-corrected chi connectivity index (χ1v) is 15.6. The van der Waals surface area contributed by atoms with Crippen LogP contribution in [0.3, 0.4) is 0 Å². The Morgan fingerprint density at radius 2 is 1.74 bits per heavy atom. The molecule has 1 aromatic rings. The molecule has 0 N–H and O–H groups in total. The number of pyridine rings is 1. The first kappa shape index (κ1) is 32.7. The van der Waals surface area contributed by atoms with E-state index in [2.05, 4.69) is 11.0 Å². The van der Waals surface area contributed by atoms with Crippen LogP contribution in [0.5, 0.6) is 0 Å². The predicted octanol–water partition coefficient (Wildman–Crippen LogP) is 7.27. The topological polar surface area (TPSA) is 75.2 Å². The molecule has 1 atom stereocenters. The number of hydrogen-bond acceptors (Lipinski definition) is 6. The number of carbonyl (C=O) groups is 2. The average molecular weight is 603 g/mol.